The molecule has 0 radical (unpaired) electrons. The molecular weight excluding hydrogens is 316 g/mol. The van der Waals surface area contributed by atoms with Crippen molar-refractivity contribution in [3.63, 3.8) is 0 Å². The van der Waals surface area contributed by atoms with Gasteiger partial charge >= 0.3 is 0 Å². The van der Waals surface area contributed by atoms with E-state index < -0.39 is 0 Å². The van der Waals surface area contributed by atoms with Crippen molar-refractivity contribution in [1.82, 2.24) is 4.90 Å². The van der Waals surface area contributed by atoms with Gasteiger partial charge in [-0.05, 0) is 37.5 Å². The predicted octanol–water partition coefficient (Wildman–Crippen LogP) is 3.06. The quantitative estimate of drug-likeness (QED) is 0.905. The number of hydrogen-bond acceptors (Lipinski definition) is 2. The van der Waals surface area contributed by atoms with Crippen molar-refractivity contribution in [2.45, 2.75) is 25.3 Å². The van der Waals surface area contributed by atoms with Crippen molar-refractivity contribution in [2.75, 3.05) is 13.1 Å². The molecule has 0 spiro atoms. The predicted molar refractivity (Wildman–Crippen MR) is 76.9 cm³/mol. The highest BCUT2D eigenvalue weighted by Gasteiger charge is 2.27. The average Bonchev–Trinajstić information content (AvgIpc) is 2.40. The molecule has 0 aromatic heterocycles. The van der Waals surface area contributed by atoms with Gasteiger partial charge in [-0.3, -0.25) is 4.79 Å². The molecule has 5 heteroatoms. The maximum absolute atomic E-state index is 12.5. The molecule has 0 aliphatic carbocycles. The van der Waals surface area contributed by atoms with E-state index in [-0.39, 0.29) is 11.9 Å². The summed E-state index contributed by atoms with van der Waals surface area (Å²) in [7, 11) is 0. The number of carbonyl (C=O) groups excluding carboxylic acids is 1. The van der Waals surface area contributed by atoms with E-state index in [9.17, 15) is 4.79 Å². The standard InChI is InChI=1S/C13H16BrClN2O/c14-9-4-5-12(15)11(7-9)13(18)17-6-2-1-3-10(17)8-16/h4-5,7,10H,1-3,6,8,16H2. The van der Waals surface area contributed by atoms with Crippen LogP contribution >= 0.6 is 27.5 Å². The molecule has 1 amide bonds. The fourth-order valence-electron chi connectivity index (χ4n) is 2.33. The van der Waals surface area contributed by atoms with Crippen LogP contribution in [0.5, 0.6) is 0 Å². The third kappa shape index (κ3) is 2.87. The van der Waals surface area contributed by atoms with Crippen LogP contribution in [0, 0.1) is 0 Å². The average molecular weight is 332 g/mol. The molecule has 2 N–H and O–H groups in total. The summed E-state index contributed by atoms with van der Waals surface area (Å²) in [4.78, 5) is 14.4. The topological polar surface area (TPSA) is 46.3 Å². The minimum atomic E-state index is -0.0172. The number of carbonyl (C=O) groups is 1. The van der Waals surface area contributed by atoms with E-state index in [1.165, 1.54) is 0 Å². The van der Waals surface area contributed by atoms with E-state index >= 15 is 0 Å². The van der Waals surface area contributed by atoms with Crippen LogP contribution < -0.4 is 5.73 Å². The number of likely N-dealkylation sites (tertiary alicyclic amines) is 1. The van der Waals surface area contributed by atoms with Crippen molar-refractivity contribution in [1.29, 1.82) is 0 Å². The third-order valence-corrected chi connectivity index (χ3v) is 4.14. The first-order valence-electron chi connectivity index (χ1n) is 6.09. The fraction of sp³-hybridized carbons (Fsp3) is 0.462. The van der Waals surface area contributed by atoms with Crippen LogP contribution in [-0.2, 0) is 0 Å². The summed E-state index contributed by atoms with van der Waals surface area (Å²) in [6.07, 6.45) is 3.15. The summed E-state index contributed by atoms with van der Waals surface area (Å²) >= 11 is 9.47. The number of nitrogens with two attached hydrogens (primary N) is 1. The second kappa shape index (κ2) is 6.04. The molecular formula is C13H16BrClN2O. The molecule has 1 unspecified atom stereocenters. The summed E-state index contributed by atoms with van der Waals surface area (Å²) in [6, 6.07) is 5.48. The molecule has 0 bridgehead atoms. The molecule has 18 heavy (non-hydrogen) atoms. The highest BCUT2D eigenvalue weighted by molar-refractivity contribution is 9.10. The first-order chi connectivity index (χ1) is 8.63. The number of nitrogens with zero attached hydrogens (tertiary/aromatic N) is 1. The number of piperidine rings is 1. The lowest BCUT2D eigenvalue weighted by Gasteiger charge is -2.35. The summed E-state index contributed by atoms with van der Waals surface area (Å²) in [5.41, 5.74) is 6.29. The van der Waals surface area contributed by atoms with E-state index in [2.05, 4.69) is 15.9 Å². The molecule has 0 saturated carbocycles. The number of rotatable bonds is 2. The monoisotopic (exact) mass is 330 g/mol. The van der Waals surface area contributed by atoms with Crippen molar-refractivity contribution in [3.8, 4) is 0 Å². The number of halogens is 2. The lowest BCUT2D eigenvalue weighted by molar-refractivity contribution is 0.0623. The molecule has 3 nitrogen and oxygen atoms in total. The van der Waals surface area contributed by atoms with Gasteiger partial charge in [0.25, 0.3) is 5.91 Å². The number of hydrogen-bond donors (Lipinski definition) is 1. The Hall–Kier alpha value is -0.580. The summed E-state index contributed by atoms with van der Waals surface area (Å²) in [5, 5.41) is 0.490. The molecule has 1 heterocycles. The maximum atomic E-state index is 12.5. The van der Waals surface area contributed by atoms with Crippen molar-refractivity contribution >= 4 is 33.4 Å². The molecule has 1 saturated heterocycles. The van der Waals surface area contributed by atoms with Gasteiger partial charge in [-0.15, -0.1) is 0 Å². The van der Waals surface area contributed by atoms with Gasteiger partial charge in [-0.2, -0.15) is 0 Å². The Bertz CT molecular complexity index is 453. The highest BCUT2D eigenvalue weighted by atomic mass is 79.9. The van der Waals surface area contributed by atoms with Gasteiger partial charge < -0.3 is 10.6 Å². The van der Waals surface area contributed by atoms with Crippen LogP contribution in [0.3, 0.4) is 0 Å². The molecule has 2 rings (SSSR count). The minimum absolute atomic E-state index is 0.0172. The molecule has 1 aromatic rings. The Morgan fingerprint density at radius 3 is 3.00 bits per heavy atom. The molecule has 1 aliphatic heterocycles. The first-order valence-corrected chi connectivity index (χ1v) is 7.26. The van der Waals surface area contributed by atoms with Crippen LogP contribution in [0.2, 0.25) is 5.02 Å². The third-order valence-electron chi connectivity index (χ3n) is 3.32. The van der Waals surface area contributed by atoms with Gasteiger partial charge in [0.1, 0.15) is 0 Å². The minimum Gasteiger partial charge on any atom is -0.334 e. The second-order valence-corrected chi connectivity index (χ2v) is 5.83. The largest absolute Gasteiger partial charge is 0.334 e. The number of amides is 1. The van der Waals surface area contributed by atoms with E-state index in [4.69, 9.17) is 17.3 Å². The Morgan fingerprint density at radius 1 is 1.50 bits per heavy atom. The van der Waals surface area contributed by atoms with Crippen LogP contribution in [0.1, 0.15) is 29.6 Å². The van der Waals surface area contributed by atoms with E-state index in [1.807, 2.05) is 11.0 Å². The Morgan fingerprint density at radius 2 is 2.28 bits per heavy atom. The Labute approximate surface area is 120 Å². The van der Waals surface area contributed by atoms with Crippen LogP contribution in [0.25, 0.3) is 0 Å². The van der Waals surface area contributed by atoms with Gasteiger partial charge in [0.05, 0.1) is 10.6 Å². The van der Waals surface area contributed by atoms with Crippen LogP contribution in [-0.4, -0.2) is 29.9 Å². The normalized spacial score (nSPS) is 19.9. The van der Waals surface area contributed by atoms with Gasteiger partial charge in [-0.1, -0.05) is 27.5 Å². The summed E-state index contributed by atoms with van der Waals surface area (Å²) < 4.78 is 0.858. The molecule has 1 fully saturated rings. The highest BCUT2D eigenvalue weighted by Crippen LogP contribution is 2.25. The first kappa shape index (κ1) is 13.8. The lowest BCUT2D eigenvalue weighted by atomic mass is 10.0. The SMILES string of the molecule is NCC1CCCCN1C(=O)c1cc(Br)ccc1Cl. The van der Waals surface area contributed by atoms with Gasteiger partial charge in [-0.25, -0.2) is 0 Å². The van der Waals surface area contributed by atoms with Crippen LogP contribution in [0.4, 0.5) is 0 Å². The zero-order valence-electron chi connectivity index (χ0n) is 10.0. The number of benzene rings is 1. The Balaban J connectivity index is 2.26. The zero-order valence-corrected chi connectivity index (χ0v) is 12.4. The summed E-state index contributed by atoms with van der Waals surface area (Å²) in [5.74, 6) is -0.0172. The van der Waals surface area contributed by atoms with E-state index in [1.54, 1.807) is 12.1 Å². The van der Waals surface area contributed by atoms with Crippen molar-refractivity contribution < 1.29 is 4.79 Å². The van der Waals surface area contributed by atoms with Gasteiger partial charge in [0, 0.05) is 23.6 Å². The van der Waals surface area contributed by atoms with E-state index in [0.717, 1.165) is 30.3 Å². The maximum Gasteiger partial charge on any atom is 0.255 e. The van der Waals surface area contributed by atoms with Crippen LogP contribution in [0.15, 0.2) is 22.7 Å². The fourth-order valence-corrected chi connectivity index (χ4v) is 2.89. The lowest BCUT2D eigenvalue weighted by Crippen LogP contribution is -2.47. The Kier molecular flexibility index (Phi) is 4.65. The smallest absolute Gasteiger partial charge is 0.255 e. The van der Waals surface area contributed by atoms with Crippen molar-refractivity contribution in [2.24, 2.45) is 5.73 Å². The second-order valence-electron chi connectivity index (χ2n) is 4.51. The summed E-state index contributed by atoms with van der Waals surface area (Å²) in [6.45, 7) is 1.28. The molecule has 1 aliphatic rings. The van der Waals surface area contributed by atoms with Crippen molar-refractivity contribution in [3.05, 3.63) is 33.3 Å². The zero-order chi connectivity index (χ0) is 13.1. The van der Waals surface area contributed by atoms with Gasteiger partial charge in [0.15, 0.2) is 0 Å². The molecule has 98 valence electrons. The van der Waals surface area contributed by atoms with Gasteiger partial charge in [0.2, 0.25) is 0 Å². The van der Waals surface area contributed by atoms with E-state index in [0.29, 0.717) is 17.1 Å². The molecule has 1 atom stereocenters. The molecule has 1 aromatic carbocycles.